The van der Waals surface area contributed by atoms with E-state index in [1.807, 2.05) is 48.5 Å². The third kappa shape index (κ3) is 30.0. The number of nitrogens with one attached hydrogen (secondary N) is 6. The molecular weight excluding hydrogens is 1780 g/mol. The summed E-state index contributed by atoms with van der Waals surface area (Å²) < 4.78 is 84.1. The molecule has 744 valence electrons. The molecule has 11 amide bonds. The van der Waals surface area contributed by atoms with E-state index in [4.69, 9.17) is 67.6 Å². The first-order chi connectivity index (χ1) is 65.6. The summed E-state index contributed by atoms with van der Waals surface area (Å²) in [7, 11) is 4.60. The minimum Gasteiger partial charge on any atom is -0.461 e. The number of cyclic esters (lactones) is 1. The Morgan fingerprint density at radius 3 is 1.91 bits per heavy atom. The Hall–Kier alpha value is -12.6. The number of esters is 2. The van der Waals surface area contributed by atoms with Gasteiger partial charge in [0.05, 0.1) is 140 Å². The first kappa shape index (κ1) is 106. The molecule has 0 bridgehead atoms. The minimum absolute atomic E-state index is 0.00308. The van der Waals surface area contributed by atoms with Crippen LogP contribution in [0.25, 0.3) is 33.4 Å². The van der Waals surface area contributed by atoms with Crippen molar-refractivity contribution < 1.29 is 124 Å². The van der Waals surface area contributed by atoms with Crippen LogP contribution in [-0.4, -0.2) is 290 Å². The van der Waals surface area contributed by atoms with Crippen LogP contribution in [0.3, 0.4) is 0 Å². The first-order valence-corrected chi connectivity index (χ1v) is 46.0. The molecule has 4 heterocycles. The van der Waals surface area contributed by atoms with E-state index >= 15 is 4.39 Å². The second kappa shape index (κ2) is 51.6. The smallest absolute Gasteiger partial charge is 0.409 e. The molecule has 40 heteroatoms. The molecule has 0 radical (unpaired) electrons. The van der Waals surface area contributed by atoms with Gasteiger partial charge in [0.25, 0.3) is 5.56 Å². The SMILES string of the molecule is C=CCOC(=O)CCOCCOCCOCCN(C)C(=O)CN(CC(=O)N(C)CCOCCOCCOCCC(=O)N[C@H](C(=O)N[C@@H](CCCNC(N)=O)C(=O)Nc1ccc(COC(=O)N[C@H]2CCc3c(C)c(F)cc4nc5c(c2c34)Cn2c-5cc3c(c2=O)COC(=O)[C@]3(O)CC)c(CN(C)C(=O)OCC2c3ccccc3-c3ccccc32)c1)C(C)C)C(=O)CCOCCNC(=O)OC(C)(C)C. The molecule has 4 aliphatic rings. The minimum atomic E-state index is -2.11. The normalized spacial score (nSPS) is 14.8. The average molecular weight is 1910 g/mol. The number of benzene rings is 4. The fourth-order valence-electron chi connectivity index (χ4n) is 16.1. The van der Waals surface area contributed by atoms with Crippen molar-refractivity contribution >= 4 is 88.3 Å². The fourth-order valence-corrected chi connectivity index (χ4v) is 16.1. The van der Waals surface area contributed by atoms with Gasteiger partial charge in [-0.3, -0.25) is 38.4 Å². The molecular formula is C97H128FN13O26. The van der Waals surface area contributed by atoms with Crippen molar-refractivity contribution in [3.05, 3.63) is 163 Å². The van der Waals surface area contributed by atoms with E-state index in [2.05, 4.69) is 38.5 Å². The highest BCUT2D eigenvalue weighted by Crippen LogP contribution is 2.48. The number of primary amides is 1. The van der Waals surface area contributed by atoms with Crippen molar-refractivity contribution in [2.24, 2.45) is 11.7 Å². The molecule has 4 aromatic carbocycles. The number of nitrogens with two attached hydrogens (primary N) is 1. The molecule has 137 heavy (non-hydrogen) atoms. The second-order valence-corrected chi connectivity index (χ2v) is 34.9. The van der Waals surface area contributed by atoms with Crippen molar-refractivity contribution in [3.8, 4) is 22.5 Å². The fraction of sp³-hybridized carbons (Fsp3) is 0.526. The Kier molecular flexibility index (Phi) is 40.1. The summed E-state index contributed by atoms with van der Waals surface area (Å²) in [5.74, 6) is -5.96. The lowest BCUT2D eigenvalue weighted by Gasteiger charge is -2.31. The number of aromatic nitrogens is 2. The number of pyridine rings is 2. The van der Waals surface area contributed by atoms with Crippen LogP contribution in [0.15, 0.2) is 96.3 Å². The summed E-state index contributed by atoms with van der Waals surface area (Å²) in [6, 6.07) is 19.4. The van der Waals surface area contributed by atoms with Crippen molar-refractivity contribution in [2.75, 3.05) is 171 Å². The van der Waals surface area contributed by atoms with Crippen LogP contribution in [0, 0.1) is 18.7 Å². The number of urea groups is 1. The number of carbonyl (C=O) groups excluding carboxylic acids is 12. The molecule has 39 nitrogen and oxygen atoms in total. The highest BCUT2D eigenvalue weighted by Gasteiger charge is 2.47. The van der Waals surface area contributed by atoms with Crippen molar-refractivity contribution in [2.45, 2.75) is 161 Å². The summed E-state index contributed by atoms with van der Waals surface area (Å²) in [4.78, 5) is 185. The number of rotatable bonds is 54. The average Bonchev–Trinajstić information content (AvgIpc) is 1.57. The Morgan fingerprint density at radius 1 is 0.686 bits per heavy atom. The lowest BCUT2D eigenvalue weighted by molar-refractivity contribution is -0.172. The molecule has 2 aliphatic carbocycles. The van der Waals surface area contributed by atoms with E-state index in [1.54, 1.807) is 79.8 Å². The van der Waals surface area contributed by atoms with Crippen LogP contribution in [0.1, 0.15) is 154 Å². The number of nitrogens with zero attached hydrogens (tertiary/aromatic N) is 6. The van der Waals surface area contributed by atoms with Gasteiger partial charge in [-0.15, -0.1) is 0 Å². The van der Waals surface area contributed by atoms with E-state index in [1.165, 1.54) is 45.5 Å². The number of alkyl carbamates (subject to hydrolysis) is 2. The molecule has 0 unspecified atom stereocenters. The molecule has 4 atom stereocenters. The maximum Gasteiger partial charge on any atom is 0.409 e. The number of aryl methyl sites for hydroxylation is 1. The van der Waals surface area contributed by atoms with E-state index in [0.29, 0.717) is 50.9 Å². The maximum absolute atomic E-state index is 15.9. The third-order valence-corrected chi connectivity index (χ3v) is 23.6. The van der Waals surface area contributed by atoms with Crippen molar-refractivity contribution in [1.82, 2.24) is 55.7 Å². The monoisotopic (exact) mass is 1910 g/mol. The zero-order valence-electron chi connectivity index (χ0n) is 79.5. The van der Waals surface area contributed by atoms with Crippen LogP contribution in [0.2, 0.25) is 0 Å². The molecule has 0 fully saturated rings. The van der Waals surface area contributed by atoms with Gasteiger partial charge in [0.15, 0.2) is 5.60 Å². The van der Waals surface area contributed by atoms with Gasteiger partial charge in [0, 0.05) is 94.5 Å². The highest BCUT2D eigenvalue weighted by atomic mass is 19.1. The van der Waals surface area contributed by atoms with E-state index in [0.717, 1.165) is 27.2 Å². The van der Waals surface area contributed by atoms with Crippen molar-refractivity contribution in [3.63, 3.8) is 0 Å². The number of hydrogen-bond donors (Lipinski definition) is 8. The van der Waals surface area contributed by atoms with Gasteiger partial charge in [0.2, 0.25) is 35.4 Å². The molecule has 0 saturated heterocycles. The summed E-state index contributed by atoms with van der Waals surface area (Å²) in [6.07, 6.45) is -0.322. The topological polar surface area (TPSA) is 482 Å². The highest BCUT2D eigenvalue weighted by molar-refractivity contribution is 5.99. The number of hydrogen-bond acceptors (Lipinski definition) is 27. The van der Waals surface area contributed by atoms with Crippen LogP contribution in [-0.2, 0) is 134 Å². The van der Waals surface area contributed by atoms with Crippen molar-refractivity contribution in [1.29, 1.82) is 0 Å². The molecule has 2 aliphatic heterocycles. The summed E-state index contributed by atoms with van der Waals surface area (Å²) in [6.45, 7) is 16.0. The van der Waals surface area contributed by atoms with Gasteiger partial charge in [0.1, 0.15) is 63.0 Å². The molecule has 6 aromatic rings. The number of halogens is 1. The van der Waals surface area contributed by atoms with Gasteiger partial charge >= 0.3 is 36.2 Å². The molecule has 0 spiro atoms. The third-order valence-electron chi connectivity index (χ3n) is 23.6. The van der Waals surface area contributed by atoms with Gasteiger partial charge < -0.3 is 124 Å². The Morgan fingerprint density at radius 2 is 1.29 bits per heavy atom. The number of amides is 11. The summed E-state index contributed by atoms with van der Waals surface area (Å²) in [5.41, 5.74) is 10.4. The number of anilines is 1. The quantitative estimate of drug-likeness (QED) is 0.00813. The van der Waals surface area contributed by atoms with Gasteiger partial charge in [-0.2, -0.15) is 0 Å². The Balaban J connectivity index is 0.706. The van der Waals surface area contributed by atoms with E-state index in [9.17, 15) is 67.4 Å². The largest absolute Gasteiger partial charge is 0.461 e. The van der Waals surface area contributed by atoms with Crippen LogP contribution in [0.4, 0.5) is 29.3 Å². The predicted octanol–water partition coefficient (Wildman–Crippen LogP) is 7.12. The lowest BCUT2D eigenvalue weighted by atomic mass is 9.81. The first-order valence-electron chi connectivity index (χ1n) is 46.0. The zero-order chi connectivity index (χ0) is 99.0. The van der Waals surface area contributed by atoms with E-state index < -0.39 is 131 Å². The number of ether oxygens (including phenoxy) is 12. The maximum atomic E-state index is 15.9. The van der Waals surface area contributed by atoms with Crippen LogP contribution < -0.4 is 43.2 Å². The summed E-state index contributed by atoms with van der Waals surface area (Å²) in [5, 5.41) is 28.8. The number of carbonyl (C=O) groups is 12. The molecule has 10 rings (SSSR count). The second-order valence-electron chi connectivity index (χ2n) is 34.9. The predicted molar refractivity (Wildman–Crippen MR) is 498 cm³/mol. The van der Waals surface area contributed by atoms with Crippen LogP contribution >= 0.6 is 0 Å². The van der Waals surface area contributed by atoms with E-state index in [-0.39, 0.29) is 237 Å². The number of fused-ring (bicyclic) bond motifs is 8. The van der Waals surface area contributed by atoms with Crippen LogP contribution in [0.5, 0.6) is 0 Å². The summed E-state index contributed by atoms with van der Waals surface area (Å²) >= 11 is 0. The molecule has 9 N–H and O–H groups in total. The lowest BCUT2D eigenvalue weighted by Crippen LogP contribution is -2.54. The van der Waals surface area contributed by atoms with Gasteiger partial charge in [-0.25, -0.2) is 33.3 Å². The molecule has 2 aromatic heterocycles. The zero-order valence-corrected chi connectivity index (χ0v) is 79.5. The Bertz CT molecular complexity index is 5310. The Labute approximate surface area is 794 Å². The number of likely N-dealkylation sites (N-methyl/N-ethyl adjacent to an activating group) is 2. The van der Waals surface area contributed by atoms with Gasteiger partial charge in [-0.1, -0.05) is 88.0 Å². The molecule has 0 saturated carbocycles. The number of aliphatic hydroxyl groups is 1. The van der Waals surface area contributed by atoms with Gasteiger partial charge in [-0.05, 0) is 134 Å². The standard InChI is InChI=1S/C97H128FN13O26/c1-12-35-133-83(116)30-38-128-43-47-132-49-45-130-41-34-108(10)82(115)56-110(80(113)29-37-126-39-32-101-93(122)137-96(6,7)8)55-81(114)107(9)33-40-129-44-48-131-46-42-127-36-28-79(112)106-86(60(3)4)89(118)104-76(23-18-31-100-92(99)121)88(117)102-64-25-24-62(63(50-64)53-109(11)95(124)136-58-71-68-21-16-14-19-66(68)67-20-15-17-22-69(67)71)57-135-94(123)105-75-27-26-65-61(5)74(98)52-77-84(65)85(75)70-54-111-78(87(70)103-77)51-73-72(90(111)119)59-134-91(120)97(73,125)13-2/h12,14-17,19-22,24-25,50-52,60,71,75-76,86,125H,1,13,18,23,26-49,53-59H2,2-11H3,(H,101,122)(H,102,117)(H,104,118)(H,105,123)(H,106,112)(H3,99,100,121)/t75-,76-,86-,97-/m0/s1.